The van der Waals surface area contributed by atoms with E-state index in [4.69, 9.17) is 0 Å². The number of phenols is 1. The Morgan fingerprint density at radius 2 is 1.79 bits per heavy atom. The van der Waals surface area contributed by atoms with Crippen molar-refractivity contribution in [3.05, 3.63) is 59.2 Å². The number of anilines is 1. The molecule has 2 aromatic rings. The number of para-hydroxylation sites is 1. The number of rotatable bonds is 6. The Morgan fingerprint density at radius 3 is 2.43 bits per heavy atom. The van der Waals surface area contributed by atoms with Crippen molar-refractivity contribution in [3.63, 3.8) is 0 Å². The highest BCUT2D eigenvalue weighted by atomic mass is 16.3. The van der Waals surface area contributed by atoms with Crippen molar-refractivity contribution >= 4 is 11.6 Å². The summed E-state index contributed by atoms with van der Waals surface area (Å²) in [6.07, 6.45) is 5.13. The third-order valence-electron chi connectivity index (χ3n) is 5.84. The standard InChI is InChI=1S/C24H32N2O2/c1-4-5-16-26-21(19-12-14-20(27)15-13-19)10-7-11-22(26)24(28)25-23-17(2)8-6-9-18(23)3/h6,8-9,12-15,21-22,27H,4-5,7,10-11,16H2,1-3H3,(H,25,28). The second kappa shape index (κ2) is 9.24. The van der Waals surface area contributed by atoms with E-state index in [1.54, 1.807) is 12.1 Å². The van der Waals surface area contributed by atoms with Gasteiger partial charge in [0.05, 0.1) is 6.04 Å². The van der Waals surface area contributed by atoms with Gasteiger partial charge in [0.1, 0.15) is 5.75 Å². The lowest BCUT2D eigenvalue weighted by Gasteiger charge is -2.41. The molecule has 0 spiro atoms. The molecule has 0 radical (unpaired) electrons. The number of likely N-dealkylation sites (tertiary alicyclic amines) is 1. The number of piperidine rings is 1. The lowest BCUT2D eigenvalue weighted by atomic mass is 9.89. The van der Waals surface area contributed by atoms with Crippen LogP contribution in [0.4, 0.5) is 5.69 Å². The second-order valence-corrected chi connectivity index (χ2v) is 7.90. The average molecular weight is 381 g/mol. The van der Waals surface area contributed by atoms with Crippen LogP contribution >= 0.6 is 0 Å². The molecule has 0 aromatic heterocycles. The highest BCUT2D eigenvalue weighted by molar-refractivity contribution is 5.96. The van der Waals surface area contributed by atoms with E-state index in [-0.39, 0.29) is 23.7 Å². The smallest absolute Gasteiger partial charge is 0.241 e. The van der Waals surface area contributed by atoms with Crippen molar-refractivity contribution in [2.24, 2.45) is 0 Å². The quantitative estimate of drug-likeness (QED) is 0.711. The molecule has 1 amide bonds. The van der Waals surface area contributed by atoms with E-state index in [0.29, 0.717) is 0 Å². The van der Waals surface area contributed by atoms with E-state index in [1.807, 2.05) is 44.2 Å². The van der Waals surface area contributed by atoms with E-state index in [0.717, 1.165) is 55.5 Å². The molecule has 4 nitrogen and oxygen atoms in total. The van der Waals surface area contributed by atoms with Gasteiger partial charge in [-0.2, -0.15) is 0 Å². The predicted octanol–water partition coefficient (Wildman–Crippen LogP) is 5.34. The Hall–Kier alpha value is -2.33. The van der Waals surface area contributed by atoms with Gasteiger partial charge in [-0.3, -0.25) is 9.69 Å². The fraction of sp³-hybridized carbons (Fsp3) is 0.458. The van der Waals surface area contributed by atoms with Crippen molar-refractivity contribution in [3.8, 4) is 5.75 Å². The lowest BCUT2D eigenvalue weighted by Crippen LogP contribution is -2.49. The van der Waals surface area contributed by atoms with E-state index >= 15 is 0 Å². The zero-order chi connectivity index (χ0) is 20.1. The van der Waals surface area contributed by atoms with E-state index in [2.05, 4.69) is 17.1 Å². The molecule has 1 saturated heterocycles. The summed E-state index contributed by atoms with van der Waals surface area (Å²) in [6.45, 7) is 7.17. The molecule has 1 aliphatic heterocycles. The number of carbonyl (C=O) groups excluding carboxylic acids is 1. The van der Waals surface area contributed by atoms with Crippen molar-refractivity contribution in [2.45, 2.75) is 65.0 Å². The number of amides is 1. The van der Waals surface area contributed by atoms with Gasteiger partial charge in [-0.05, 0) is 74.9 Å². The van der Waals surface area contributed by atoms with Crippen molar-refractivity contribution in [1.29, 1.82) is 0 Å². The van der Waals surface area contributed by atoms with Crippen LogP contribution in [0.3, 0.4) is 0 Å². The summed E-state index contributed by atoms with van der Waals surface area (Å²) in [7, 11) is 0. The highest BCUT2D eigenvalue weighted by Crippen LogP contribution is 2.36. The number of unbranched alkanes of at least 4 members (excludes halogenated alkanes) is 1. The molecule has 28 heavy (non-hydrogen) atoms. The molecule has 1 heterocycles. The van der Waals surface area contributed by atoms with E-state index < -0.39 is 0 Å². The molecule has 1 aliphatic rings. The Balaban J connectivity index is 1.84. The van der Waals surface area contributed by atoms with Crippen LogP contribution in [0.1, 0.15) is 61.8 Å². The maximum absolute atomic E-state index is 13.3. The van der Waals surface area contributed by atoms with Crippen LogP contribution in [0.5, 0.6) is 5.75 Å². The Morgan fingerprint density at radius 1 is 1.11 bits per heavy atom. The van der Waals surface area contributed by atoms with Crippen LogP contribution in [0.15, 0.2) is 42.5 Å². The minimum Gasteiger partial charge on any atom is -0.508 e. The molecule has 0 saturated carbocycles. The molecule has 150 valence electrons. The Bertz CT molecular complexity index is 781. The number of nitrogens with zero attached hydrogens (tertiary/aromatic N) is 1. The molecule has 0 bridgehead atoms. The normalized spacial score (nSPS) is 20.1. The number of carbonyl (C=O) groups is 1. The Kier molecular flexibility index (Phi) is 6.74. The molecule has 2 aromatic carbocycles. The first kappa shape index (κ1) is 20.4. The summed E-state index contributed by atoms with van der Waals surface area (Å²) in [5.74, 6) is 0.376. The third-order valence-corrected chi connectivity index (χ3v) is 5.84. The van der Waals surface area contributed by atoms with Gasteiger partial charge in [-0.25, -0.2) is 0 Å². The van der Waals surface area contributed by atoms with Crippen molar-refractivity contribution in [2.75, 3.05) is 11.9 Å². The van der Waals surface area contributed by atoms with Gasteiger partial charge in [-0.1, -0.05) is 43.7 Å². The molecule has 2 N–H and O–H groups in total. The average Bonchev–Trinajstić information content (AvgIpc) is 2.69. The number of aromatic hydroxyl groups is 1. The van der Waals surface area contributed by atoms with Gasteiger partial charge in [0, 0.05) is 11.7 Å². The van der Waals surface area contributed by atoms with Crippen molar-refractivity contribution < 1.29 is 9.90 Å². The molecule has 1 fully saturated rings. The SMILES string of the molecule is CCCCN1C(C(=O)Nc2c(C)cccc2C)CCCC1c1ccc(O)cc1. The monoisotopic (exact) mass is 380 g/mol. The van der Waals surface area contributed by atoms with Gasteiger partial charge in [0.25, 0.3) is 0 Å². The Labute approximate surface area is 168 Å². The fourth-order valence-corrected chi connectivity index (χ4v) is 4.26. The largest absolute Gasteiger partial charge is 0.508 e. The summed E-state index contributed by atoms with van der Waals surface area (Å²) in [4.78, 5) is 15.7. The van der Waals surface area contributed by atoms with Crippen LogP contribution < -0.4 is 5.32 Å². The highest BCUT2D eigenvalue weighted by Gasteiger charge is 2.35. The summed E-state index contributed by atoms with van der Waals surface area (Å²) >= 11 is 0. The first-order chi connectivity index (χ1) is 13.5. The zero-order valence-corrected chi connectivity index (χ0v) is 17.2. The number of phenolic OH excluding ortho intramolecular Hbond substituents is 1. The number of hydrogen-bond donors (Lipinski definition) is 2. The molecule has 2 unspecified atom stereocenters. The minimum absolute atomic E-state index is 0.0944. The zero-order valence-electron chi connectivity index (χ0n) is 17.2. The maximum atomic E-state index is 13.3. The second-order valence-electron chi connectivity index (χ2n) is 7.90. The van der Waals surface area contributed by atoms with Crippen LogP contribution in [0.2, 0.25) is 0 Å². The molecule has 0 aliphatic carbocycles. The first-order valence-electron chi connectivity index (χ1n) is 10.4. The van der Waals surface area contributed by atoms with Crippen LogP contribution in [0.25, 0.3) is 0 Å². The summed E-state index contributed by atoms with van der Waals surface area (Å²) in [6, 6.07) is 13.7. The van der Waals surface area contributed by atoms with Crippen LogP contribution in [0, 0.1) is 13.8 Å². The van der Waals surface area contributed by atoms with E-state index in [9.17, 15) is 9.90 Å². The fourth-order valence-electron chi connectivity index (χ4n) is 4.26. The molecule has 3 rings (SSSR count). The van der Waals surface area contributed by atoms with E-state index in [1.165, 1.54) is 5.56 Å². The van der Waals surface area contributed by atoms with Gasteiger partial charge in [-0.15, -0.1) is 0 Å². The molecule has 4 heteroatoms. The number of nitrogens with one attached hydrogen (secondary N) is 1. The minimum atomic E-state index is -0.127. The summed E-state index contributed by atoms with van der Waals surface area (Å²) in [5, 5.41) is 12.9. The molecular weight excluding hydrogens is 348 g/mol. The van der Waals surface area contributed by atoms with Gasteiger partial charge < -0.3 is 10.4 Å². The number of hydrogen-bond acceptors (Lipinski definition) is 3. The first-order valence-corrected chi connectivity index (χ1v) is 10.4. The maximum Gasteiger partial charge on any atom is 0.241 e. The number of benzene rings is 2. The van der Waals surface area contributed by atoms with Crippen LogP contribution in [-0.4, -0.2) is 28.5 Å². The van der Waals surface area contributed by atoms with Crippen molar-refractivity contribution in [1.82, 2.24) is 4.90 Å². The van der Waals surface area contributed by atoms with Gasteiger partial charge in [0.15, 0.2) is 0 Å². The topological polar surface area (TPSA) is 52.6 Å². The summed E-state index contributed by atoms with van der Waals surface area (Å²) < 4.78 is 0. The molecule has 2 atom stereocenters. The summed E-state index contributed by atoms with van der Waals surface area (Å²) in [5.41, 5.74) is 4.31. The van der Waals surface area contributed by atoms with Gasteiger partial charge >= 0.3 is 0 Å². The lowest BCUT2D eigenvalue weighted by molar-refractivity contribution is -0.124. The number of aryl methyl sites for hydroxylation is 2. The molecular formula is C24H32N2O2. The predicted molar refractivity (Wildman–Crippen MR) is 115 cm³/mol. The van der Waals surface area contributed by atoms with Crippen LogP contribution in [-0.2, 0) is 4.79 Å². The van der Waals surface area contributed by atoms with Gasteiger partial charge in [0.2, 0.25) is 5.91 Å². The third kappa shape index (κ3) is 4.56.